The topological polar surface area (TPSA) is 63.2 Å². The molecule has 0 radical (unpaired) electrons. The van der Waals surface area contributed by atoms with Crippen LogP contribution in [0.25, 0.3) is 0 Å². The molecule has 0 bridgehead atoms. The van der Waals surface area contributed by atoms with E-state index in [0.29, 0.717) is 24.8 Å². The largest absolute Gasteiger partial charge is 0.376 e. The van der Waals surface area contributed by atoms with Gasteiger partial charge >= 0.3 is 0 Å². The van der Waals surface area contributed by atoms with Gasteiger partial charge in [0.05, 0.1) is 12.7 Å². The number of ether oxygens (including phenoxy) is 1. The molecule has 5 heteroatoms. The van der Waals surface area contributed by atoms with Crippen LogP contribution in [0.2, 0.25) is 0 Å². The maximum absolute atomic E-state index is 12.1. The summed E-state index contributed by atoms with van der Waals surface area (Å²) in [5.74, 6) is 0.666. The number of amides is 1. The summed E-state index contributed by atoms with van der Waals surface area (Å²) in [5, 5.41) is 6.03. The summed E-state index contributed by atoms with van der Waals surface area (Å²) in [4.78, 5) is 16.5. The number of anilines is 1. The van der Waals surface area contributed by atoms with Gasteiger partial charge in [0.15, 0.2) is 0 Å². The summed E-state index contributed by atoms with van der Waals surface area (Å²) in [6.45, 7) is 5.81. The molecule has 1 aliphatic rings. The van der Waals surface area contributed by atoms with Crippen LogP contribution < -0.4 is 10.6 Å². The van der Waals surface area contributed by atoms with Crippen LogP contribution in [-0.2, 0) is 4.74 Å². The Hall–Kier alpha value is -1.62. The summed E-state index contributed by atoms with van der Waals surface area (Å²) < 4.78 is 5.74. The zero-order chi connectivity index (χ0) is 15.1. The molecular weight excluding hydrogens is 266 g/mol. The third kappa shape index (κ3) is 5.01. The van der Waals surface area contributed by atoms with Gasteiger partial charge < -0.3 is 15.4 Å². The van der Waals surface area contributed by atoms with E-state index in [4.69, 9.17) is 4.74 Å². The fraction of sp³-hybridized carbons (Fsp3) is 0.625. The SMILES string of the molecule is CCNc1cc(C(=O)NCCOC2CCCC2)cc(C)n1. The minimum absolute atomic E-state index is 0.0744. The highest BCUT2D eigenvalue weighted by Crippen LogP contribution is 2.20. The first-order valence-electron chi connectivity index (χ1n) is 7.81. The Morgan fingerprint density at radius 3 is 2.86 bits per heavy atom. The van der Waals surface area contributed by atoms with Crippen LogP contribution in [0.15, 0.2) is 12.1 Å². The van der Waals surface area contributed by atoms with Crippen LogP contribution in [0.5, 0.6) is 0 Å². The van der Waals surface area contributed by atoms with Gasteiger partial charge in [0.2, 0.25) is 0 Å². The number of aryl methyl sites for hydroxylation is 1. The molecule has 116 valence electrons. The van der Waals surface area contributed by atoms with Crippen LogP contribution >= 0.6 is 0 Å². The Morgan fingerprint density at radius 2 is 2.14 bits per heavy atom. The molecule has 5 nitrogen and oxygen atoms in total. The minimum Gasteiger partial charge on any atom is -0.376 e. The first-order valence-corrected chi connectivity index (χ1v) is 7.81. The third-order valence-electron chi connectivity index (χ3n) is 3.62. The number of carbonyl (C=O) groups is 1. The van der Waals surface area contributed by atoms with Crippen molar-refractivity contribution in [1.29, 1.82) is 0 Å². The van der Waals surface area contributed by atoms with Gasteiger partial charge in [-0.3, -0.25) is 4.79 Å². The molecule has 1 fully saturated rings. The van der Waals surface area contributed by atoms with Crippen LogP contribution in [0.1, 0.15) is 48.7 Å². The van der Waals surface area contributed by atoms with E-state index in [1.54, 1.807) is 12.1 Å². The highest BCUT2D eigenvalue weighted by Gasteiger charge is 2.15. The number of pyridine rings is 1. The van der Waals surface area contributed by atoms with Gasteiger partial charge in [-0.2, -0.15) is 0 Å². The van der Waals surface area contributed by atoms with Crippen molar-refractivity contribution in [3.63, 3.8) is 0 Å². The maximum atomic E-state index is 12.1. The molecular formula is C16H25N3O2. The zero-order valence-electron chi connectivity index (χ0n) is 12.9. The lowest BCUT2D eigenvalue weighted by molar-refractivity contribution is 0.0582. The van der Waals surface area contributed by atoms with Gasteiger partial charge in [-0.1, -0.05) is 12.8 Å². The van der Waals surface area contributed by atoms with E-state index in [2.05, 4.69) is 15.6 Å². The molecule has 1 aromatic heterocycles. The number of hydrogen-bond acceptors (Lipinski definition) is 4. The van der Waals surface area contributed by atoms with Crippen molar-refractivity contribution in [1.82, 2.24) is 10.3 Å². The lowest BCUT2D eigenvalue weighted by atomic mass is 10.2. The summed E-state index contributed by atoms with van der Waals surface area (Å²) in [6, 6.07) is 3.58. The standard InChI is InChI=1S/C16H25N3O2/c1-3-17-15-11-13(10-12(2)19-15)16(20)18-8-9-21-14-6-4-5-7-14/h10-11,14H,3-9H2,1-2H3,(H,17,19)(H,18,20). The second kappa shape index (κ2) is 7.98. The van der Waals surface area contributed by atoms with E-state index in [1.807, 2.05) is 13.8 Å². The first kappa shape index (κ1) is 15.8. The van der Waals surface area contributed by atoms with Gasteiger partial charge in [0.25, 0.3) is 5.91 Å². The monoisotopic (exact) mass is 291 g/mol. The highest BCUT2D eigenvalue weighted by molar-refractivity contribution is 5.94. The lowest BCUT2D eigenvalue weighted by Crippen LogP contribution is -2.28. The molecule has 1 aliphatic carbocycles. The van der Waals surface area contributed by atoms with E-state index < -0.39 is 0 Å². The molecule has 0 spiro atoms. The smallest absolute Gasteiger partial charge is 0.251 e. The molecule has 1 aromatic rings. The van der Waals surface area contributed by atoms with Gasteiger partial charge in [-0.05, 0) is 38.8 Å². The van der Waals surface area contributed by atoms with Crippen LogP contribution in [0, 0.1) is 6.92 Å². The highest BCUT2D eigenvalue weighted by atomic mass is 16.5. The summed E-state index contributed by atoms with van der Waals surface area (Å²) in [5.41, 5.74) is 1.47. The first-order chi connectivity index (χ1) is 10.2. The van der Waals surface area contributed by atoms with Gasteiger partial charge in [-0.15, -0.1) is 0 Å². The van der Waals surface area contributed by atoms with E-state index in [1.165, 1.54) is 12.8 Å². The average molecular weight is 291 g/mol. The normalized spacial score (nSPS) is 15.1. The second-order valence-corrected chi connectivity index (χ2v) is 5.45. The average Bonchev–Trinajstić information content (AvgIpc) is 2.96. The molecule has 1 heterocycles. The van der Waals surface area contributed by atoms with E-state index in [0.717, 1.165) is 30.9 Å². The van der Waals surface area contributed by atoms with Crippen molar-refractivity contribution in [2.45, 2.75) is 45.6 Å². The molecule has 0 aliphatic heterocycles. The van der Waals surface area contributed by atoms with Crippen LogP contribution in [0.4, 0.5) is 5.82 Å². The van der Waals surface area contributed by atoms with Crippen LogP contribution in [-0.4, -0.2) is 36.7 Å². The number of nitrogens with zero attached hydrogens (tertiary/aromatic N) is 1. The predicted molar refractivity (Wildman–Crippen MR) is 83.7 cm³/mol. The fourth-order valence-electron chi connectivity index (χ4n) is 2.62. The van der Waals surface area contributed by atoms with Crippen molar-refractivity contribution < 1.29 is 9.53 Å². The number of nitrogens with one attached hydrogen (secondary N) is 2. The second-order valence-electron chi connectivity index (χ2n) is 5.45. The molecule has 1 amide bonds. The molecule has 0 atom stereocenters. The van der Waals surface area contributed by atoms with Crippen molar-refractivity contribution in [2.24, 2.45) is 0 Å². The zero-order valence-corrected chi connectivity index (χ0v) is 12.9. The molecule has 2 rings (SSSR count). The van der Waals surface area contributed by atoms with Crippen LogP contribution in [0.3, 0.4) is 0 Å². The predicted octanol–water partition coefficient (Wildman–Crippen LogP) is 2.51. The summed E-state index contributed by atoms with van der Waals surface area (Å²) in [7, 11) is 0. The fourth-order valence-corrected chi connectivity index (χ4v) is 2.62. The minimum atomic E-state index is -0.0744. The number of carbonyl (C=O) groups excluding carboxylic acids is 1. The molecule has 0 unspecified atom stereocenters. The molecule has 21 heavy (non-hydrogen) atoms. The number of rotatable bonds is 7. The Morgan fingerprint density at radius 1 is 1.38 bits per heavy atom. The summed E-state index contributed by atoms with van der Waals surface area (Å²) >= 11 is 0. The Balaban J connectivity index is 1.79. The van der Waals surface area contributed by atoms with Crippen molar-refractivity contribution >= 4 is 11.7 Å². The van der Waals surface area contributed by atoms with Gasteiger partial charge in [0.1, 0.15) is 5.82 Å². The molecule has 0 saturated heterocycles. The van der Waals surface area contributed by atoms with E-state index in [9.17, 15) is 4.79 Å². The Kier molecular flexibility index (Phi) is 5.99. The van der Waals surface area contributed by atoms with E-state index >= 15 is 0 Å². The maximum Gasteiger partial charge on any atom is 0.251 e. The Bertz CT molecular complexity index is 471. The quantitative estimate of drug-likeness (QED) is 0.758. The van der Waals surface area contributed by atoms with Crippen molar-refractivity contribution in [2.75, 3.05) is 25.0 Å². The lowest BCUT2D eigenvalue weighted by Gasteiger charge is -2.12. The Labute approximate surface area is 126 Å². The number of hydrogen-bond donors (Lipinski definition) is 2. The number of aromatic nitrogens is 1. The van der Waals surface area contributed by atoms with Crippen molar-refractivity contribution in [3.05, 3.63) is 23.4 Å². The van der Waals surface area contributed by atoms with E-state index in [-0.39, 0.29) is 5.91 Å². The van der Waals surface area contributed by atoms with Gasteiger partial charge in [-0.25, -0.2) is 4.98 Å². The molecule has 0 aromatic carbocycles. The molecule has 2 N–H and O–H groups in total. The van der Waals surface area contributed by atoms with Gasteiger partial charge in [0, 0.05) is 24.3 Å². The molecule has 1 saturated carbocycles. The third-order valence-corrected chi connectivity index (χ3v) is 3.62. The summed E-state index contributed by atoms with van der Waals surface area (Å²) in [6.07, 6.45) is 5.24. The van der Waals surface area contributed by atoms with Crippen molar-refractivity contribution in [3.8, 4) is 0 Å².